The van der Waals surface area contributed by atoms with E-state index in [0.29, 0.717) is 22.4 Å². The molecule has 0 fully saturated rings. The summed E-state index contributed by atoms with van der Waals surface area (Å²) in [7, 11) is 0. The van der Waals surface area contributed by atoms with Gasteiger partial charge in [0.2, 0.25) is 5.91 Å². The molecule has 0 saturated heterocycles. The lowest BCUT2D eigenvalue weighted by Gasteiger charge is -2.01. The van der Waals surface area contributed by atoms with Gasteiger partial charge in [0, 0.05) is 26.2 Å². The number of nitrogens with one attached hydrogen (secondary N) is 1. The number of carbonyl (C=O) groups excluding carboxylic acids is 1. The molecule has 26 heavy (non-hydrogen) atoms. The van der Waals surface area contributed by atoms with Crippen LogP contribution in [0.5, 0.6) is 0 Å². The Morgan fingerprint density at radius 2 is 1.85 bits per heavy atom. The molecule has 0 atom stereocenters. The highest BCUT2D eigenvalue weighted by molar-refractivity contribution is 9.10. The predicted octanol–water partition coefficient (Wildman–Crippen LogP) is 6.35. The molecule has 1 aromatic heterocycles. The molecule has 0 saturated carbocycles. The van der Waals surface area contributed by atoms with Crippen molar-refractivity contribution in [3.63, 3.8) is 0 Å². The van der Waals surface area contributed by atoms with Gasteiger partial charge in [0.25, 0.3) is 0 Å². The van der Waals surface area contributed by atoms with Gasteiger partial charge in [0.05, 0.1) is 6.54 Å². The second kappa shape index (κ2) is 8.58. The Morgan fingerprint density at radius 1 is 1.08 bits per heavy atom. The molecule has 3 aromatic rings. The minimum atomic E-state index is -0.238. The molecule has 0 spiro atoms. The number of hydrogen-bond donors (Lipinski definition) is 1. The second-order valence-corrected chi connectivity index (χ2v) is 7.25. The van der Waals surface area contributed by atoms with Crippen LogP contribution in [-0.2, 0) is 11.3 Å². The maximum atomic E-state index is 12.0. The Morgan fingerprint density at radius 3 is 2.58 bits per heavy atom. The van der Waals surface area contributed by atoms with E-state index in [1.807, 2.05) is 36.4 Å². The van der Waals surface area contributed by atoms with Crippen molar-refractivity contribution in [1.82, 2.24) is 5.32 Å². The normalized spacial score (nSPS) is 11.0. The van der Waals surface area contributed by atoms with Crippen molar-refractivity contribution in [1.29, 1.82) is 0 Å². The van der Waals surface area contributed by atoms with Gasteiger partial charge in [-0.15, -0.1) is 0 Å². The van der Waals surface area contributed by atoms with Gasteiger partial charge >= 0.3 is 0 Å². The molecular weight excluding hydrogens is 437 g/mol. The average molecular weight is 451 g/mol. The minimum absolute atomic E-state index is 0.238. The Labute approximate surface area is 169 Å². The summed E-state index contributed by atoms with van der Waals surface area (Å²) in [5.74, 6) is 1.19. The summed E-state index contributed by atoms with van der Waals surface area (Å²) in [6, 6.07) is 16.7. The van der Waals surface area contributed by atoms with Crippen LogP contribution in [0.1, 0.15) is 11.3 Å². The summed E-state index contributed by atoms with van der Waals surface area (Å²) in [6.45, 7) is 0.300. The van der Waals surface area contributed by atoms with Crippen molar-refractivity contribution < 1.29 is 9.21 Å². The molecule has 1 amide bonds. The van der Waals surface area contributed by atoms with E-state index in [4.69, 9.17) is 27.6 Å². The highest BCUT2D eigenvalue weighted by Gasteiger charge is 2.06. The van der Waals surface area contributed by atoms with Crippen LogP contribution in [0.3, 0.4) is 0 Å². The third kappa shape index (κ3) is 5.01. The van der Waals surface area contributed by atoms with Crippen LogP contribution in [0.4, 0.5) is 0 Å². The summed E-state index contributed by atoms with van der Waals surface area (Å²) in [6.07, 6.45) is 3.07. The zero-order chi connectivity index (χ0) is 18.5. The second-order valence-electron chi connectivity index (χ2n) is 5.49. The SMILES string of the molecule is O=C(/C=C/c1ccc(Cl)cc1Cl)NCc1ccc(-c2ccc(Br)cc2)o1. The van der Waals surface area contributed by atoms with Crippen LogP contribution in [0.25, 0.3) is 17.4 Å². The zero-order valence-electron chi connectivity index (χ0n) is 13.5. The molecule has 1 N–H and O–H groups in total. The van der Waals surface area contributed by atoms with Gasteiger partial charge in [0.15, 0.2) is 0 Å². The highest BCUT2D eigenvalue weighted by atomic mass is 79.9. The van der Waals surface area contributed by atoms with Gasteiger partial charge in [-0.1, -0.05) is 57.3 Å². The Hall–Kier alpha value is -2.01. The van der Waals surface area contributed by atoms with Crippen molar-refractivity contribution in [3.8, 4) is 11.3 Å². The fourth-order valence-electron chi connectivity index (χ4n) is 2.28. The fraction of sp³-hybridized carbons (Fsp3) is 0.0500. The summed E-state index contributed by atoms with van der Waals surface area (Å²) in [5, 5.41) is 3.82. The van der Waals surface area contributed by atoms with Gasteiger partial charge in [-0.3, -0.25) is 4.79 Å². The van der Waals surface area contributed by atoms with Crippen LogP contribution >= 0.6 is 39.1 Å². The number of halogens is 3. The number of benzene rings is 2. The molecule has 3 nitrogen and oxygen atoms in total. The Kier molecular flexibility index (Phi) is 6.20. The maximum Gasteiger partial charge on any atom is 0.244 e. The van der Waals surface area contributed by atoms with E-state index in [2.05, 4.69) is 21.2 Å². The van der Waals surface area contributed by atoms with Crippen molar-refractivity contribution in [3.05, 3.63) is 86.5 Å². The summed E-state index contributed by atoms with van der Waals surface area (Å²) < 4.78 is 6.77. The molecule has 2 aromatic carbocycles. The molecule has 0 aliphatic rings. The van der Waals surface area contributed by atoms with Crippen molar-refractivity contribution >= 4 is 51.1 Å². The van der Waals surface area contributed by atoms with E-state index < -0.39 is 0 Å². The monoisotopic (exact) mass is 449 g/mol. The molecule has 0 unspecified atom stereocenters. The molecule has 0 aliphatic heterocycles. The first-order valence-electron chi connectivity index (χ1n) is 7.77. The van der Waals surface area contributed by atoms with Gasteiger partial charge in [-0.2, -0.15) is 0 Å². The summed E-state index contributed by atoms with van der Waals surface area (Å²) >= 11 is 15.3. The van der Waals surface area contributed by atoms with E-state index >= 15 is 0 Å². The van der Waals surface area contributed by atoms with Crippen LogP contribution in [-0.4, -0.2) is 5.91 Å². The predicted molar refractivity (Wildman–Crippen MR) is 109 cm³/mol. The summed E-state index contributed by atoms with van der Waals surface area (Å²) in [5.41, 5.74) is 1.70. The van der Waals surface area contributed by atoms with E-state index in [1.54, 1.807) is 24.3 Å². The third-order valence-electron chi connectivity index (χ3n) is 3.60. The number of carbonyl (C=O) groups is 1. The lowest BCUT2D eigenvalue weighted by Crippen LogP contribution is -2.19. The van der Waals surface area contributed by atoms with Crippen molar-refractivity contribution in [2.24, 2.45) is 0 Å². The average Bonchev–Trinajstić information content (AvgIpc) is 3.09. The standard InChI is InChI=1S/C20H14BrCl2NO2/c21-15-5-1-14(2-6-15)19-9-8-17(26-19)12-24-20(25)10-4-13-3-7-16(22)11-18(13)23/h1-11H,12H2,(H,24,25)/b10-4+. The molecular formula is C20H14BrCl2NO2. The van der Waals surface area contributed by atoms with E-state index in [-0.39, 0.29) is 5.91 Å². The van der Waals surface area contributed by atoms with Crippen LogP contribution in [0.2, 0.25) is 10.0 Å². The number of amides is 1. The number of rotatable bonds is 5. The lowest BCUT2D eigenvalue weighted by molar-refractivity contribution is -0.116. The van der Waals surface area contributed by atoms with Gasteiger partial charge < -0.3 is 9.73 Å². The third-order valence-corrected chi connectivity index (χ3v) is 4.70. The smallest absolute Gasteiger partial charge is 0.244 e. The lowest BCUT2D eigenvalue weighted by atomic mass is 10.2. The zero-order valence-corrected chi connectivity index (χ0v) is 16.6. The van der Waals surface area contributed by atoms with E-state index in [9.17, 15) is 4.79 Å². The first-order valence-corrected chi connectivity index (χ1v) is 9.32. The molecule has 3 rings (SSSR count). The van der Waals surface area contributed by atoms with Gasteiger partial charge in [-0.25, -0.2) is 0 Å². The number of hydrogen-bond acceptors (Lipinski definition) is 2. The van der Waals surface area contributed by atoms with Crippen LogP contribution in [0.15, 0.2) is 69.6 Å². The van der Waals surface area contributed by atoms with Crippen LogP contribution < -0.4 is 5.32 Å². The largest absolute Gasteiger partial charge is 0.459 e. The fourth-order valence-corrected chi connectivity index (χ4v) is 3.01. The topological polar surface area (TPSA) is 42.2 Å². The van der Waals surface area contributed by atoms with Crippen molar-refractivity contribution in [2.45, 2.75) is 6.54 Å². The molecule has 0 bridgehead atoms. The van der Waals surface area contributed by atoms with E-state index in [0.717, 1.165) is 21.4 Å². The molecule has 6 heteroatoms. The maximum absolute atomic E-state index is 12.0. The molecule has 0 aliphatic carbocycles. The van der Waals surface area contributed by atoms with Gasteiger partial charge in [0.1, 0.15) is 11.5 Å². The van der Waals surface area contributed by atoms with Crippen LogP contribution in [0, 0.1) is 0 Å². The quantitative estimate of drug-likeness (QED) is 0.460. The highest BCUT2D eigenvalue weighted by Crippen LogP contribution is 2.24. The molecule has 0 radical (unpaired) electrons. The first-order chi connectivity index (χ1) is 12.5. The molecule has 132 valence electrons. The molecule has 1 heterocycles. The van der Waals surface area contributed by atoms with Crippen molar-refractivity contribution in [2.75, 3.05) is 0 Å². The number of furan rings is 1. The van der Waals surface area contributed by atoms with E-state index in [1.165, 1.54) is 6.08 Å². The van der Waals surface area contributed by atoms with Gasteiger partial charge in [-0.05, 0) is 48.0 Å². The minimum Gasteiger partial charge on any atom is -0.459 e. The Balaban J connectivity index is 1.58. The summed E-state index contributed by atoms with van der Waals surface area (Å²) in [4.78, 5) is 12.0. The Bertz CT molecular complexity index is 949. The first kappa shape index (κ1) is 18.8.